The Morgan fingerprint density at radius 1 is 1.19 bits per heavy atom. The summed E-state index contributed by atoms with van der Waals surface area (Å²) in [5, 5.41) is 1.02. The average Bonchev–Trinajstić information content (AvgIpc) is 2.66. The van der Waals surface area contributed by atoms with Crippen LogP contribution < -0.4 is 5.73 Å². The van der Waals surface area contributed by atoms with Crippen LogP contribution in [0.1, 0.15) is 28.0 Å². The van der Waals surface area contributed by atoms with E-state index < -0.39 is 0 Å². The van der Waals surface area contributed by atoms with Gasteiger partial charge in [-0.3, -0.25) is 9.78 Å². The van der Waals surface area contributed by atoms with Crippen molar-refractivity contribution in [2.24, 2.45) is 0 Å². The van der Waals surface area contributed by atoms with Gasteiger partial charge >= 0.3 is 0 Å². The summed E-state index contributed by atoms with van der Waals surface area (Å²) in [6.45, 7) is 3.32. The van der Waals surface area contributed by atoms with E-state index in [9.17, 15) is 4.79 Å². The number of rotatable bonds is 2. The Morgan fingerprint density at radius 2 is 2.04 bits per heavy atom. The third-order valence-electron chi connectivity index (χ3n) is 4.50. The maximum atomic E-state index is 12.9. The zero-order valence-corrected chi connectivity index (χ0v) is 14.6. The van der Waals surface area contributed by atoms with Gasteiger partial charge in [-0.15, -0.1) is 0 Å². The molecule has 1 aliphatic heterocycles. The highest BCUT2D eigenvalue weighted by molar-refractivity contribution is 5.95. The molecule has 1 unspecified atom stereocenters. The van der Waals surface area contributed by atoms with Crippen molar-refractivity contribution < 1.29 is 9.53 Å². The maximum Gasteiger partial charge on any atom is 0.272 e. The molecular formula is C20H20N4O2. The Kier molecular flexibility index (Phi) is 4.26. The van der Waals surface area contributed by atoms with E-state index in [1.54, 1.807) is 17.0 Å². The number of morpholine rings is 1. The van der Waals surface area contributed by atoms with Gasteiger partial charge in [0.25, 0.3) is 5.91 Å². The average molecular weight is 348 g/mol. The predicted octanol–water partition coefficient (Wildman–Crippen LogP) is 2.73. The summed E-state index contributed by atoms with van der Waals surface area (Å²) >= 11 is 0. The SMILES string of the molecule is Cc1cc(N)cc(C2CN(C(=O)c3ccc4ccccc4n3)CCO2)n1. The number of carbonyl (C=O) groups excluding carboxylic acids is 1. The molecule has 4 rings (SSSR count). The second-order valence-electron chi connectivity index (χ2n) is 6.47. The van der Waals surface area contributed by atoms with E-state index in [4.69, 9.17) is 10.5 Å². The number of nitrogen functional groups attached to an aromatic ring is 1. The highest BCUT2D eigenvalue weighted by Gasteiger charge is 2.28. The molecule has 26 heavy (non-hydrogen) atoms. The number of carbonyl (C=O) groups is 1. The number of pyridine rings is 2. The van der Waals surface area contributed by atoms with Gasteiger partial charge in [0.05, 0.1) is 24.4 Å². The number of hydrogen-bond acceptors (Lipinski definition) is 5. The molecule has 6 nitrogen and oxygen atoms in total. The fourth-order valence-corrected chi connectivity index (χ4v) is 3.25. The topological polar surface area (TPSA) is 81.3 Å². The Hall–Kier alpha value is -2.99. The molecule has 1 atom stereocenters. The molecule has 1 aromatic carbocycles. The van der Waals surface area contributed by atoms with E-state index >= 15 is 0 Å². The summed E-state index contributed by atoms with van der Waals surface area (Å²) in [5.74, 6) is -0.0929. The van der Waals surface area contributed by atoms with Crippen molar-refractivity contribution in [3.63, 3.8) is 0 Å². The number of fused-ring (bicyclic) bond motifs is 1. The molecule has 1 saturated heterocycles. The van der Waals surface area contributed by atoms with E-state index in [0.29, 0.717) is 31.1 Å². The minimum Gasteiger partial charge on any atom is -0.399 e. The van der Waals surface area contributed by atoms with Gasteiger partial charge in [0.1, 0.15) is 11.8 Å². The van der Waals surface area contributed by atoms with Gasteiger partial charge < -0.3 is 15.4 Å². The Bertz CT molecular complexity index is 953. The fraction of sp³-hybridized carbons (Fsp3) is 0.250. The standard InChI is InChI=1S/C20H20N4O2/c1-13-10-15(21)11-18(22-13)19-12-24(8-9-26-19)20(25)17-7-6-14-4-2-3-5-16(14)23-17/h2-7,10-11,19H,8-9,12H2,1H3,(H2,21,22). The van der Waals surface area contributed by atoms with E-state index in [2.05, 4.69) is 9.97 Å². The van der Waals surface area contributed by atoms with Gasteiger partial charge in [-0.2, -0.15) is 0 Å². The third-order valence-corrected chi connectivity index (χ3v) is 4.50. The molecule has 1 aliphatic rings. The summed E-state index contributed by atoms with van der Waals surface area (Å²) in [6, 6.07) is 15.1. The molecule has 0 radical (unpaired) electrons. The number of aromatic nitrogens is 2. The first-order valence-corrected chi connectivity index (χ1v) is 8.61. The van der Waals surface area contributed by atoms with Gasteiger partial charge in [-0.05, 0) is 31.2 Å². The Balaban J connectivity index is 1.57. The number of anilines is 1. The van der Waals surface area contributed by atoms with Gasteiger partial charge in [-0.1, -0.05) is 24.3 Å². The van der Waals surface area contributed by atoms with Crippen LogP contribution in [-0.4, -0.2) is 40.5 Å². The number of hydrogen-bond donors (Lipinski definition) is 1. The monoisotopic (exact) mass is 348 g/mol. The number of ether oxygens (including phenoxy) is 1. The lowest BCUT2D eigenvalue weighted by molar-refractivity contribution is -0.0249. The van der Waals surface area contributed by atoms with Crippen LogP contribution in [0.3, 0.4) is 0 Å². The molecule has 1 amide bonds. The molecule has 3 heterocycles. The number of nitrogens with zero attached hydrogens (tertiary/aromatic N) is 3. The molecule has 2 aromatic heterocycles. The lowest BCUT2D eigenvalue weighted by atomic mass is 10.1. The highest BCUT2D eigenvalue weighted by atomic mass is 16.5. The van der Waals surface area contributed by atoms with E-state index in [-0.39, 0.29) is 12.0 Å². The van der Waals surface area contributed by atoms with Gasteiger partial charge in [0.15, 0.2) is 0 Å². The molecule has 0 saturated carbocycles. The van der Waals surface area contributed by atoms with Crippen molar-refractivity contribution in [2.45, 2.75) is 13.0 Å². The van der Waals surface area contributed by atoms with Crippen LogP contribution in [0.2, 0.25) is 0 Å². The second kappa shape index (κ2) is 6.72. The molecule has 132 valence electrons. The number of amides is 1. The third kappa shape index (κ3) is 3.23. The minimum absolute atomic E-state index is 0.0929. The molecule has 6 heteroatoms. The largest absolute Gasteiger partial charge is 0.399 e. The van der Waals surface area contributed by atoms with Gasteiger partial charge in [0, 0.05) is 23.3 Å². The highest BCUT2D eigenvalue weighted by Crippen LogP contribution is 2.24. The van der Waals surface area contributed by atoms with Crippen molar-refractivity contribution >= 4 is 22.5 Å². The van der Waals surface area contributed by atoms with Crippen LogP contribution in [0.25, 0.3) is 10.9 Å². The van der Waals surface area contributed by atoms with Crippen molar-refractivity contribution in [1.29, 1.82) is 0 Å². The Morgan fingerprint density at radius 3 is 2.88 bits per heavy atom. The summed E-state index contributed by atoms with van der Waals surface area (Å²) in [7, 11) is 0. The lowest BCUT2D eigenvalue weighted by Crippen LogP contribution is -2.42. The first kappa shape index (κ1) is 16.5. The minimum atomic E-state index is -0.282. The predicted molar refractivity (Wildman–Crippen MR) is 99.7 cm³/mol. The summed E-state index contributed by atoms with van der Waals surface area (Å²) in [5.41, 5.74) is 9.42. The van der Waals surface area contributed by atoms with Crippen molar-refractivity contribution in [3.8, 4) is 0 Å². The van der Waals surface area contributed by atoms with Crippen molar-refractivity contribution in [1.82, 2.24) is 14.9 Å². The van der Waals surface area contributed by atoms with Crippen LogP contribution in [0.4, 0.5) is 5.69 Å². The molecule has 0 spiro atoms. The maximum absolute atomic E-state index is 12.9. The summed E-state index contributed by atoms with van der Waals surface area (Å²) < 4.78 is 5.83. The lowest BCUT2D eigenvalue weighted by Gasteiger charge is -2.32. The van der Waals surface area contributed by atoms with E-state index in [1.807, 2.05) is 43.3 Å². The number of aryl methyl sites for hydroxylation is 1. The zero-order valence-electron chi connectivity index (χ0n) is 14.6. The van der Waals surface area contributed by atoms with Crippen LogP contribution in [-0.2, 0) is 4.74 Å². The van der Waals surface area contributed by atoms with Crippen LogP contribution in [0.5, 0.6) is 0 Å². The smallest absolute Gasteiger partial charge is 0.272 e. The summed E-state index contributed by atoms with van der Waals surface area (Å²) in [6.07, 6.45) is -0.282. The fourth-order valence-electron chi connectivity index (χ4n) is 3.25. The normalized spacial score (nSPS) is 17.4. The van der Waals surface area contributed by atoms with Crippen LogP contribution in [0.15, 0.2) is 48.5 Å². The van der Waals surface area contributed by atoms with Crippen molar-refractivity contribution in [3.05, 3.63) is 65.6 Å². The first-order valence-electron chi connectivity index (χ1n) is 8.61. The van der Waals surface area contributed by atoms with Crippen molar-refractivity contribution in [2.75, 3.05) is 25.4 Å². The Labute approximate surface area is 151 Å². The quantitative estimate of drug-likeness (QED) is 0.770. The molecule has 2 N–H and O–H groups in total. The van der Waals surface area contributed by atoms with Gasteiger partial charge in [0.2, 0.25) is 0 Å². The second-order valence-corrected chi connectivity index (χ2v) is 6.47. The molecule has 1 fully saturated rings. The number of benzene rings is 1. The first-order chi connectivity index (χ1) is 12.6. The van der Waals surface area contributed by atoms with Gasteiger partial charge in [-0.25, -0.2) is 4.98 Å². The molecule has 0 aliphatic carbocycles. The van der Waals surface area contributed by atoms with Crippen LogP contribution in [0, 0.1) is 6.92 Å². The molecule has 3 aromatic rings. The zero-order chi connectivity index (χ0) is 18.1. The number of nitrogens with two attached hydrogens (primary N) is 1. The van der Waals surface area contributed by atoms with E-state index in [1.165, 1.54) is 0 Å². The molecular weight excluding hydrogens is 328 g/mol. The van der Waals surface area contributed by atoms with E-state index in [0.717, 1.165) is 22.3 Å². The molecule has 0 bridgehead atoms. The number of para-hydroxylation sites is 1. The summed E-state index contributed by atoms with van der Waals surface area (Å²) in [4.78, 5) is 23.7. The van der Waals surface area contributed by atoms with Crippen LogP contribution >= 0.6 is 0 Å².